The Hall–Kier alpha value is 2.61. The Kier molecular flexibility index (Phi) is 156. The third kappa shape index (κ3) is 20.6. The first-order valence-electron chi connectivity index (χ1n) is 0.167. The molecule has 0 aliphatic rings. The maximum atomic E-state index is 8.12. The van der Waals surface area contributed by atoms with Crippen molar-refractivity contribution in [1.82, 2.24) is 0 Å². The Morgan fingerprint density at radius 1 is 1.40 bits per heavy atom. The van der Waals surface area contributed by atoms with Gasteiger partial charge < -0.3 is 2.85 Å². The monoisotopic (exact) mass is 265 g/mol. The molecule has 0 aliphatic heterocycles. The first-order valence-corrected chi connectivity index (χ1v) is 0.687. The van der Waals surface area contributed by atoms with Crippen molar-refractivity contribution < 1.29 is 22.9 Å². The van der Waals surface area contributed by atoms with E-state index in [0.29, 0.717) is 0 Å². The van der Waals surface area contributed by atoms with Gasteiger partial charge in [-0.2, -0.15) is 0 Å². The predicted octanol–water partition coefficient (Wildman–Crippen LogP) is -2.91. The Morgan fingerprint density at radius 3 is 1.40 bits per heavy atom. The molecule has 0 spiro atoms. The molecule has 0 fully saturated rings. The topological polar surface area (TPSA) is 17.1 Å². The zero-order valence-electron chi connectivity index (χ0n) is 4.52. The van der Waals surface area contributed by atoms with Gasteiger partial charge in [-0.25, -0.2) is 0 Å². The zero-order chi connectivity index (χ0) is 2.00. The van der Waals surface area contributed by atoms with Crippen LogP contribution in [0.25, 0.3) is 0 Å². The van der Waals surface area contributed by atoms with Gasteiger partial charge >= 0.3 is 81.7 Å². The average molecular weight is 264 g/mol. The average Bonchev–Trinajstić information content (AvgIpc) is 1.00. The molecule has 0 saturated carbocycles. The van der Waals surface area contributed by atoms with E-state index in [-0.39, 0.29) is 75.5 Å². The van der Waals surface area contributed by atoms with Crippen LogP contribution in [-0.4, -0.2) is 72.6 Å². The summed E-state index contributed by atoms with van der Waals surface area (Å²) in [5, 5.41) is 0. The molecule has 0 heterocycles. The minimum absolute atomic E-state index is 0. The molecule has 5 heavy (non-hydrogen) atoms. The summed E-state index contributed by atoms with van der Waals surface area (Å²) in [7, 11) is 0. The van der Waals surface area contributed by atoms with Crippen LogP contribution in [0, 0.1) is 0 Å². The van der Waals surface area contributed by atoms with Gasteiger partial charge in [-0.05, 0) is 11.0 Å². The van der Waals surface area contributed by atoms with E-state index < -0.39 is 0 Å². The molecule has 0 aromatic heterocycles. The van der Waals surface area contributed by atoms with E-state index in [1.165, 1.54) is 16.2 Å². The van der Waals surface area contributed by atoms with E-state index in [0.717, 1.165) is 0 Å². The van der Waals surface area contributed by atoms with Crippen LogP contribution in [0.2, 0.25) is 0 Å². The van der Waals surface area contributed by atoms with Crippen molar-refractivity contribution >= 4 is 72.6 Å². The molecule has 0 unspecified atom stereocenters. The molecular weight excluding hydrogens is 255 g/mol. The van der Waals surface area contributed by atoms with Crippen molar-refractivity contribution in [3.05, 3.63) is 0 Å². The van der Waals surface area contributed by atoms with E-state index in [9.17, 15) is 0 Å². The van der Waals surface area contributed by atoms with E-state index in [2.05, 4.69) is 0 Å². The second-order valence-corrected chi connectivity index (χ2v) is 0. The summed E-state index contributed by atoms with van der Waals surface area (Å²) in [6.07, 6.45) is 0. The van der Waals surface area contributed by atoms with Crippen molar-refractivity contribution in [2.45, 2.75) is 0 Å². The predicted molar refractivity (Wildman–Crippen MR) is 29.9 cm³/mol. The summed E-state index contributed by atoms with van der Waals surface area (Å²) in [6.45, 7) is 0. The molecule has 0 rings (SSSR count). The minimum atomic E-state index is 0. The third-order valence-electron chi connectivity index (χ3n) is 0. The summed E-state index contributed by atoms with van der Waals surface area (Å²) in [6, 6.07) is 0. The van der Waals surface area contributed by atoms with Crippen LogP contribution in [0.15, 0.2) is 0 Å². The Morgan fingerprint density at radius 2 is 1.40 bits per heavy atom. The van der Waals surface area contributed by atoms with Crippen LogP contribution in [-0.2, 0) is 20.0 Å². The SMILES string of the molecule is [Ca+2].[H-].[H-].[O]=[Cr].[SiH3].[SnH4]. The van der Waals surface area contributed by atoms with Crippen molar-refractivity contribution in [1.29, 1.82) is 0 Å². The molecular formula is H9CaCrOSiSn. The van der Waals surface area contributed by atoms with E-state index in [1.807, 2.05) is 0 Å². The molecule has 1 nitrogen and oxygen atoms in total. The van der Waals surface area contributed by atoms with Crippen LogP contribution in [0.5, 0.6) is 0 Å². The van der Waals surface area contributed by atoms with Gasteiger partial charge in [-0.3, -0.25) is 0 Å². The van der Waals surface area contributed by atoms with Crippen LogP contribution in [0.3, 0.4) is 0 Å². The van der Waals surface area contributed by atoms with Crippen LogP contribution < -0.4 is 0 Å². The van der Waals surface area contributed by atoms with Crippen LogP contribution in [0.4, 0.5) is 0 Å². The molecule has 0 atom stereocenters. The van der Waals surface area contributed by atoms with Gasteiger partial charge in [0.1, 0.15) is 0 Å². The van der Waals surface area contributed by atoms with Gasteiger partial charge in [-0.1, -0.05) is 0 Å². The Balaban J connectivity index is -0.000000000500. The summed E-state index contributed by atoms with van der Waals surface area (Å²) >= 11 is 1.38. The van der Waals surface area contributed by atoms with Crippen molar-refractivity contribution in [2.24, 2.45) is 0 Å². The molecule has 0 aromatic rings. The van der Waals surface area contributed by atoms with Gasteiger partial charge in [0, 0.05) is 0 Å². The number of hydrogen-bond acceptors (Lipinski definition) is 1. The molecule has 0 aliphatic carbocycles. The molecule has 5 heteroatoms. The Bertz CT molecular complexity index is 17.7. The molecule has 0 N–H and O–H groups in total. The van der Waals surface area contributed by atoms with Crippen LogP contribution >= 0.6 is 0 Å². The van der Waals surface area contributed by atoms with E-state index in [1.54, 1.807) is 0 Å². The first-order chi connectivity index (χ1) is 1.00. The third-order valence-corrected chi connectivity index (χ3v) is 0. The van der Waals surface area contributed by atoms with Crippen molar-refractivity contribution in [3.8, 4) is 0 Å². The number of rotatable bonds is 0. The molecule has 0 saturated heterocycles. The second kappa shape index (κ2) is 30.6. The normalized spacial score (nSPS) is 0.800. The summed E-state index contributed by atoms with van der Waals surface area (Å²) in [4.78, 5) is 0. The van der Waals surface area contributed by atoms with Gasteiger partial charge in [0.2, 0.25) is 0 Å². The van der Waals surface area contributed by atoms with Crippen molar-refractivity contribution in [3.63, 3.8) is 0 Å². The molecule has 0 amide bonds. The van der Waals surface area contributed by atoms with Gasteiger partial charge in [0.25, 0.3) is 0 Å². The fourth-order valence-electron chi connectivity index (χ4n) is 0. The van der Waals surface area contributed by atoms with Gasteiger partial charge in [0.05, 0.1) is 0 Å². The summed E-state index contributed by atoms with van der Waals surface area (Å²) in [5.41, 5.74) is 0. The molecule has 0 aromatic carbocycles. The maximum absolute atomic E-state index is 8.12. The van der Waals surface area contributed by atoms with Gasteiger partial charge in [-0.15, -0.1) is 0 Å². The molecule has 1 radical (unpaired) electrons. The van der Waals surface area contributed by atoms with Gasteiger partial charge in [0.15, 0.2) is 0 Å². The quantitative estimate of drug-likeness (QED) is 0.429. The van der Waals surface area contributed by atoms with E-state index in [4.69, 9.17) is 3.80 Å². The summed E-state index contributed by atoms with van der Waals surface area (Å²) in [5.74, 6) is 0. The Labute approximate surface area is 93.9 Å². The van der Waals surface area contributed by atoms with Crippen LogP contribution in [0.1, 0.15) is 2.85 Å². The second-order valence-electron chi connectivity index (χ2n) is 0. The fraction of sp³-hybridized carbons (Fsp3) is 0. The van der Waals surface area contributed by atoms with E-state index >= 15 is 0 Å². The first kappa shape index (κ1) is 25.5. The fourth-order valence-corrected chi connectivity index (χ4v) is 0. The summed E-state index contributed by atoms with van der Waals surface area (Å²) < 4.78 is 8.12. The zero-order valence-corrected chi connectivity index (χ0v) is 8.01. The number of hydrogen-bond donors (Lipinski definition) is 0. The molecule has 0 bridgehead atoms. The van der Waals surface area contributed by atoms with Crippen molar-refractivity contribution in [2.75, 3.05) is 0 Å². The molecule has 31 valence electrons. The standard InChI is InChI=1S/Ca.Cr.O.H3Si.Sn.6H/h;;;1H3;;;;;;;/q+2;;;;;;;;;2*-1.